The number of aryl methyl sites for hydroxylation is 1. The number of H-pyrrole nitrogens is 1. The van der Waals surface area contributed by atoms with E-state index < -0.39 is 0 Å². The fraction of sp³-hybridized carbons (Fsp3) is 0.429. The van der Waals surface area contributed by atoms with Gasteiger partial charge in [-0.3, -0.25) is 9.69 Å². The van der Waals surface area contributed by atoms with Gasteiger partial charge in [-0.05, 0) is 49.0 Å². The number of morpholine rings is 1. The fourth-order valence-electron chi connectivity index (χ4n) is 4.27. The molecular weight excluding hydrogens is 368 g/mol. The zero-order valence-electron chi connectivity index (χ0n) is 16.3. The van der Waals surface area contributed by atoms with Crippen LogP contribution in [0.5, 0.6) is 0 Å². The average Bonchev–Trinajstić information content (AvgIpc) is 3.30. The van der Waals surface area contributed by atoms with Gasteiger partial charge in [-0.25, -0.2) is 15.4 Å². The Hall–Kier alpha value is -2.84. The Morgan fingerprint density at radius 2 is 1.93 bits per heavy atom. The molecule has 150 valence electrons. The molecule has 4 heterocycles. The second kappa shape index (κ2) is 7.88. The molecule has 1 saturated heterocycles. The Morgan fingerprint density at radius 3 is 2.76 bits per heavy atom. The molecule has 2 aromatic heterocycles. The van der Waals surface area contributed by atoms with Crippen molar-refractivity contribution in [3.05, 3.63) is 52.4 Å². The van der Waals surface area contributed by atoms with E-state index in [1.165, 1.54) is 29.7 Å². The first-order valence-corrected chi connectivity index (χ1v) is 10.2. The Kier molecular flexibility index (Phi) is 4.95. The number of rotatable bonds is 4. The third-order valence-corrected chi connectivity index (χ3v) is 5.76. The summed E-state index contributed by atoms with van der Waals surface area (Å²) in [6, 6.07) is 1.75. The molecule has 5 rings (SSSR count). The molecule has 0 atom stereocenters. The molecule has 8 nitrogen and oxygen atoms in total. The van der Waals surface area contributed by atoms with Gasteiger partial charge in [0.2, 0.25) is 0 Å². The summed E-state index contributed by atoms with van der Waals surface area (Å²) in [5.74, 6) is 0.223. The van der Waals surface area contributed by atoms with E-state index in [0.717, 1.165) is 51.4 Å². The zero-order valence-corrected chi connectivity index (χ0v) is 16.3. The molecule has 2 aromatic rings. The van der Waals surface area contributed by atoms with Crippen LogP contribution in [0.15, 0.2) is 29.1 Å². The minimum atomic E-state index is -0.225. The van der Waals surface area contributed by atoms with Crippen LogP contribution in [0, 0.1) is 0 Å². The quantitative estimate of drug-likeness (QED) is 0.768. The number of hydrazone groups is 1. The van der Waals surface area contributed by atoms with Gasteiger partial charge < -0.3 is 9.72 Å². The molecule has 3 aliphatic rings. The zero-order chi connectivity index (χ0) is 19.6. The monoisotopic (exact) mass is 392 g/mol. The molecule has 0 spiro atoms. The summed E-state index contributed by atoms with van der Waals surface area (Å²) in [6.07, 6.45) is 9.79. The van der Waals surface area contributed by atoms with E-state index in [0.29, 0.717) is 17.1 Å². The Labute approximate surface area is 169 Å². The molecular formula is C21H24N6O2. The number of fused-ring (bicyclic) bond motifs is 1. The lowest BCUT2D eigenvalue weighted by atomic mass is 9.93. The lowest BCUT2D eigenvalue weighted by Gasteiger charge is -2.27. The number of nitrogens with zero attached hydrogens (tertiary/aromatic N) is 4. The lowest BCUT2D eigenvalue weighted by molar-refractivity contribution is -0.116. The van der Waals surface area contributed by atoms with Crippen LogP contribution in [0.25, 0.3) is 6.08 Å². The van der Waals surface area contributed by atoms with Gasteiger partial charge in [0.1, 0.15) is 5.71 Å². The molecule has 29 heavy (non-hydrogen) atoms. The molecule has 0 radical (unpaired) electrons. The SMILES string of the molecule is O=C1NN=C(c2ncccn2)C1=Cc1[nH]c2c(c1CN1CCOCC1)CCCC2. The van der Waals surface area contributed by atoms with Crippen LogP contribution in [0.2, 0.25) is 0 Å². The van der Waals surface area contributed by atoms with Crippen LogP contribution < -0.4 is 5.43 Å². The Balaban J connectivity index is 1.53. The number of aromatic amines is 1. The highest BCUT2D eigenvalue weighted by Gasteiger charge is 2.28. The smallest absolute Gasteiger partial charge is 0.273 e. The van der Waals surface area contributed by atoms with Crippen molar-refractivity contribution in [2.45, 2.75) is 32.2 Å². The van der Waals surface area contributed by atoms with Crippen LogP contribution in [-0.4, -0.2) is 57.8 Å². The van der Waals surface area contributed by atoms with Gasteiger partial charge in [0.05, 0.1) is 18.8 Å². The maximum atomic E-state index is 12.5. The largest absolute Gasteiger partial charge is 0.379 e. The number of carbonyl (C=O) groups is 1. The molecule has 8 heteroatoms. The number of aromatic nitrogens is 3. The second-order valence-corrected chi connectivity index (χ2v) is 7.60. The highest BCUT2D eigenvalue weighted by Crippen LogP contribution is 2.30. The third-order valence-electron chi connectivity index (χ3n) is 5.76. The van der Waals surface area contributed by atoms with Crippen LogP contribution in [0.3, 0.4) is 0 Å². The van der Waals surface area contributed by atoms with E-state index in [1.54, 1.807) is 18.5 Å². The number of nitrogens with one attached hydrogen (secondary N) is 2. The molecule has 0 bridgehead atoms. The standard InChI is InChI=1S/C21H24N6O2/c28-21-15(19(25-26-21)20-22-6-3-7-23-20)12-18-16(13-27-8-10-29-11-9-27)14-4-1-2-5-17(14)24-18/h3,6-7,12,24H,1-2,4-5,8-11,13H2,(H,26,28). The summed E-state index contributed by atoms with van der Waals surface area (Å²) in [6.45, 7) is 4.27. The summed E-state index contributed by atoms with van der Waals surface area (Å²) in [5, 5.41) is 4.17. The maximum absolute atomic E-state index is 12.5. The highest BCUT2D eigenvalue weighted by molar-refractivity contribution is 6.32. The molecule has 2 N–H and O–H groups in total. The first kappa shape index (κ1) is 18.2. The summed E-state index contributed by atoms with van der Waals surface area (Å²) >= 11 is 0. The number of ether oxygens (including phenoxy) is 1. The van der Waals surface area contributed by atoms with E-state index >= 15 is 0 Å². The normalized spacial score (nSPS) is 21.2. The minimum absolute atomic E-state index is 0.225. The topological polar surface area (TPSA) is 95.5 Å². The van der Waals surface area contributed by atoms with Crippen LogP contribution in [-0.2, 0) is 28.9 Å². The van der Waals surface area contributed by atoms with Crippen molar-refractivity contribution in [3.63, 3.8) is 0 Å². The van der Waals surface area contributed by atoms with Crippen molar-refractivity contribution in [1.29, 1.82) is 0 Å². The number of hydrogen-bond acceptors (Lipinski definition) is 6. The van der Waals surface area contributed by atoms with Gasteiger partial charge in [0.25, 0.3) is 5.91 Å². The first-order chi connectivity index (χ1) is 14.3. The fourth-order valence-corrected chi connectivity index (χ4v) is 4.27. The molecule has 2 aliphatic heterocycles. The highest BCUT2D eigenvalue weighted by atomic mass is 16.5. The van der Waals surface area contributed by atoms with Crippen molar-refractivity contribution in [3.8, 4) is 0 Å². The van der Waals surface area contributed by atoms with Gasteiger partial charge in [0.15, 0.2) is 5.82 Å². The van der Waals surface area contributed by atoms with Crippen molar-refractivity contribution in [2.24, 2.45) is 5.10 Å². The predicted molar refractivity (Wildman–Crippen MR) is 108 cm³/mol. The van der Waals surface area contributed by atoms with Crippen molar-refractivity contribution < 1.29 is 9.53 Å². The average molecular weight is 392 g/mol. The Morgan fingerprint density at radius 1 is 1.14 bits per heavy atom. The summed E-state index contributed by atoms with van der Waals surface area (Å²) in [4.78, 5) is 27.1. The summed E-state index contributed by atoms with van der Waals surface area (Å²) in [5.41, 5.74) is 8.56. The Bertz CT molecular complexity index is 973. The van der Waals surface area contributed by atoms with Crippen LogP contribution in [0.4, 0.5) is 0 Å². The molecule has 1 amide bonds. The van der Waals surface area contributed by atoms with Crippen LogP contribution >= 0.6 is 0 Å². The lowest BCUT2D eigenvalue weighted by Crippen LogP contribution is -2.36. The van der Waals surface area contributed by atoms with E-state index in [-0.39, 0.29) is 5.91 Å². The van der Waals surface area contributed by atoms with E-state index in [4.69, 9.17) is 4.74 Å². The second-order valence-electron chi connectivity index (χ2n) is 7.60. The van der Waals surface area contributed by atoms with Crippen molar-refractivity contribution in [1.82, 2.24) is 25.3 Å². The van der Waals surface area contributed by atoms with Gasteiger partial charge >= 0.3 is 0 Å². The number of amides is 1. The molecule has 1 aliphatic carbocycles. The molecule has 0 saturated carbocycles. The molecule has 0 aromatic carbocycles. The third kappa shape index (κ3) is 3.61. The van der Waals surface area contributed by atoms with Gasteiger partial charge in [-0.2, -0.15) is 5.10 Å². The number of carbonyl (C=O) groups excluding carboxylic acids is 1. The maximum Gasteiger partial charge on any atom is 0.273 e. The van der Waals surface area contributed by atoms with Gasteiger partial charge in [0, 0.05) is 43.4 Å². The van der Waals surface area contributed by atoms with Crippen molar-refractivity contribution in [2.75, 3.05) is 26.3 Å². The van der Waals surface area contributed by atoms with Crippen LogP contribution in [0.1, 0.15) is 41.2 Å². The first-order valence-electron chi connectivity index (χ1n) is 10.2. The molecule has 1 fully saturated rings. The van der Waals surface area contributed by atoms with Gasteiger partial charge in [-0.15, -0.1) is 0 Å². The predicted octanol–water partition coefficient (Wildman–Crippen LogP) is 1.43. The number of hydrogen-bond donors (Lipinski definition) is 2. The molecule has 0 unspecified atom stereocenters. The van der Waals surface area contributed by atoms with Gasteiger partial charge in [-0.1, -0.05) is 0 Å². The van der Waals surface area contributed by atoms with Crippen molar-refractivity contribution >= 4 is 17.7 Å². The summed E-state index contributed by atoms with van der Waals surface area (Å²) in [7, 11) is 0. The van der Waals surface area contributed by atoms with E-state index in [2.05, 4.69) is 30.4 Å². The van der Waals surface area contributed by atoms with E-state index in [1.807, 2.05) is 6.08 Å². The van der Waals surface area contributed by atoms with E-state index in [9.17, 15) is 4.79 Å². The summed E-state index contributed by atoms with van der Waals surface area (Å²) < 4.78 is 5.50. The minimum Gasteiger partial charge on any atom is -0.379 e.